The molecule has 2 heterocycles. The summed E-state index contributed by atoms with van der Waals surface area (Å²) in [5, 5.41) is 0. The quantitative estimate of drug-likeness (QED) is 0.0481. The largest absolute Gasteiger partial charge is 0.368 e. The van der Waals surface area contributed by atoms with Crippen LogP contribution in [0.4, 0.5) is 0 Å². The van der Waals surface area contributed by atoms with Gasteiger partial charge in [0.2, 0.25) is 0 Å². The van der Waals surface area contributed by atoms with Crippen molar-refractivity contribution in [3.63, 3.8) is 0 Å². The fourth-order valence-corrected chi connectivity index (χ4v) is 8.92. The lowest BCUT2D eigenvalue weighted by atomic mass is 9.93. The third kappa shape index (κ3) is 15.3. The summed E-state index contributed by atoms with van der Waals surface area (Å²) >= 11 is 0. The number of carbonyl (C=O) groups excluding carboxylic acids is 2. The summed E-state index contributed by atoms with van der Waals surface area (Å²) in [6.45, 7) is 1.44. The first kappa shape index (κ1) is 52.3. The van der Waals surface area contributed by atoms with Gasteiger partial charge in [0.15, 0.2) is 24.1 Å². The Kier molecular flexibility index (Phi) is 20.1. The van der Waals surface area contributed by atoms with Crippen LogP contribution in [0.15, 0.2) is 194 Å². The van der Waals surface area contributed by atoms with Gasteiger partial charge in [0.25, 0.3) is 0 Å². The lowest BCUT2D eigenvalue weighted by Gasteiger charge is -2.45. The first-order chi connectivity index (χ1) is 35.4. The highest BCUT2D eigenvalue weighted by Gasteiger charge is 2.50. The van der Waals surface area contributed by atoms with Crippen molar-refractivity contribution in [3.8, 4) is 0 Å². The maximum absolute atomic E-state index is 14.1. The van der Waals surface area contributed by atoms with E-state index in [0.717, 1.165) is 33.4 Å². The number of allylic oxidation sites excluding steroid dienone is 2. The van der Waals surface area contributed by atoms with E-state index in [1.54, 1.807) is 0 Å². The second-order valence-electron chi connectivity index (χ2n) is 17.8. The van der Waals surface area contributed by atoms with E-state index in [1.807, 2.05) is 182 Å². The molecule has 2 aliphatic heterocycles. The molecular weight excluding hydrogens is 913 g/mol. The molecule has 12 nitrogen and oxygen atoms in total. The molecule has 0 N–H and O–H groups in total. The number of benzene rings is 6. The molecule has 6 aromatic carbocycles. The van der Waals surface area contributed by atoms with E-state index in [-0.39, 0.29) is 64.0 Å². The van der Waals surface area contributed by atoms with E-state index < -0.39 is 61.4 Å². The normalized spacial score (nSPS) is 24.2. The molecule has 0 aliphatic carbocycles. The number of ether oxygens (including phenoxy) is 10. The molecule has 2 aliphatic rings. The Bertz CT molecular complexity index is 2340. The van der Waals surface area contributed by atoms with Crippen LogP contribution in [0.5, 0.6) is 0 Å². The molecule has 2 fully saturated rings. The van der Waals surface area contributed by atoms with Crippen LogP contribution in [-0.2, 0) is 96.6 Å². The Morgan fingerprint density at radius 3 is 0.806 bits per heavy atom. The average molecular weight is 977 g/mol. The summed E-state index contributed by atoms with van der Waals surface area (Å²) in [6.07, 6.45) is -5.79. The Balaban J connectivity index is 1.02. The first-order valence-corrected chi connectivity index (χ1v) is 24.5. The topological polar surface area (TPSA) is 126 Å². The van der Waals surface area contributed by atoms with Crippen LogP contribution in [0, 0.1) is 0 Å². The van der Waals surface area contributed by atoms with Gasteiger partial charge in [-0.25, -0.2) is 0 Å². The molecule has 0 radical (unpaired) electrons. The van der Waals surface area contributed by atoms with E-state index in [1.165, 1.54) is 26.4 Å². The maximum Gasteiger partial charge on any atom is 0.186 e. The van der Waals surface area contributed by atoms with E-state index in [4.69, 9.17) is 47.4 Å². The lowest BCUT2D eigenvalue weighted by Crippen LogP contribution is -2.61. The summed E-state index contributed by atoms with van der Waals surface area (Å²) in [7, 11) is 3.07. The predicted molar refractivity (Wildman–Crippen MR) is 270 cm³/mol. The molecule has 2 saturated heterocycles. The molecule has 0 spiro atoms. The van der Waals surface area contributed by atoms with E-state index >= 15 is 0 Å². The van der Waals surface area contributed by atoms with Crippen molar-refractivity contribution in [1.29, 1.82) is 0 Å². The summed E-state index contributed by atoms with van der Waals surface area (Å²) in [5.74, 6) is -0.728. The van der Waals surface area contributed by atoms with Gasteiger partial charge in [-0.1, -0.05) is 182 Å². The number of hydrogen-bond acceptors (Lipinski definition) is 12. The Morgan fingerprint density at radius 2 is 0.569 bits per heavy atom. The molecule has 376 valence electrons. The summed E-state index contributed by atoms with van der Waals surface area (Å²) in [5.41, 5.74) is 5.68. The van der Waals surface area contributed by atoms with Crippen LogP contribution in [0.2, 0.25) is 0 Å². The van der Waals surface area contributed by atoms with Gasteiger partial charge in [0.05, 0.1) is 51.8 Å². The molecule has 0 saturated carbocycles. The minimum atomic E-state index is -0.919. The van der Waals surface area contributed by atoms with Gasteiger partial charge in [-0.3, -0.25) is 9.59 Å². The van der Waals surface area contributed by atoms with Gasteiger partial charge in [-0.05, 0) is 45.5 Å². The molecule has 0 bridgehead atoms. The van der Waals surface area contributed by atoms with Gasteiger partial charge in [-0.2, -0.15) is 0 Å². The van der Waals surface area contributed by atoms with Gasteiger partial charge in [0.1, 0.15) is 36.6 Å². The number of rotatable bonds is 26. The predicted octanol–water partition coefficient (Wildman–Crippen LogP) is 9.72. The average Bonchev–Trinajstić information content (AvgIpc) is 3.43. The number of ketones is 2. The van der Waals surface area contributed by atoms with Crippen LogP contribution in [0.3, 0.4) is 0 Å². The third-order valence-corrected chi connectivity index (χ3v) is 12.6. The fourth-order valence-electron chi connectivity index (χ4n) is 8.92. The van der Waals surface area contributed by atoms with Crippen LogP contribution < -0.4 is 0 Å². The van der Waals surface area contributed by atoms with Crippen molar-refractivity contribution in [1.82, 2.24) is 0 Å². The summed E-state index contributed by atoms with van der Waals surface area (Å²) < 4.78 is 65.0. The van der Waals surface area contributed by atoms with Crippen LogP contribution >= 0.6 is 0 Å². The van der Waals surface area contributed by atoms with Gasteiger partial charge in [0, 0.05) is 27.1 Å². The van der Waals surface area contributed by atoms with Crippen molar-refractivity contribution in [2.75, 3.05) is 14.2 Å². The fraction of sp³-hybridized carbons (Fsp3) is 0.333. The zero-order chi connectivity index (χ0) is 49.7. The van der Waals surface area contributed by atoms with Crippen molar-refractivity contribution < 1.29 is 57.0 Å². The monoisotopic (exact) mass is 976 g/mol. The number of hydrogen-bond donors (Lipinski definition) is 0. The van der Waals surface area contributed by atoms with Crippen molar-refractivity contribution in [2.24, 2.45) is 0 Å². The Labute approximate surface area is 422 Å². The minimum absolute atomic E-state index is 0.149. The van der Waals surface area contributed by atoms with Crippen LogP contribution in [0.1, 0.15) is 46.2 Å². The second kappa shape index (κ2) is 27.7. The molecule has 72 heavy (non-hydrogen) atoms. The smallest absolute Gasteiger partial charge is 0.186 e. The van der Waals surface area contributed by atoms with Crippen LogP contribution in [-0.4, -0.2) is 87.2 Å². The molecular formula is C60H64O12. The molecule has 0 aromatic heterocycles. The van der Waals surface area contributed by atoms with Crippen molar-refractivity contribution in [2.45, 2.75) is 114 Å². The molecule has 0 amide bonds. The third-order valence-electron chi connectivity index (χ3n) is 12.6. The van der Waals surface area contributed by atoms with E-state index in [2.05, 4.69) is 0 Å². The number of methoxy groups -OCH3 is 2. The minimum Gasteiger partial charge on any atom is -0.368 e. The molecule has 6 aromatic rings. The molecule has 12 heteroatoms. The summed E-state index contributed by atoms with van der Waals surface area (Å²) in [4.78, 5) is 28.3. The Morgan fingerprint density at radius 1 is 0.347 bits per heavy atom. The maximum atomic E-state index is 14.1. The van der Waals surface area contributed by atoms with Gasteiger partial charge >= 0.3 is 0 Å². The lowest BCUT2D eigenvalue weighted by molar-refractivity contribution is -0.317. The first-order valence-electron chi connectivity index (χ1n) is 24.5. The van der Waals surface area contributed by atoms with Crippen molar-refractivity contribution in [3.05, 3.63) is 228 Å². The van der Waals surface area contributed by atoms with Crippen LogP contribution in [0.25, 0.3) is 0 Å². The van der Waals surface area contributed by atoms with Gasteiger partial charge in [-0.15, -0.1) is 0 Å². The molecule has 8 rings (SSSR count). The number of carbonyl (C=O) groups is 2. The highest BCUT2D eigenvalue weighted by Crippen LogP contribution is 2.34. The standard InChI is InChI=1S/C60H64O12/c1-63-59-57(69-41-47-29-17-7-18-30-47)55(67-39-45-25-13-5-14-26-45)53(65-37-43-21-9-3-10-22-43)51(71-59)35-49(61)33-34-50(62)36-52-54(66-38-44-23-11-4-12-24-44)56(68-40-46-27-15-6-16-28-46)58(60(64-2)72-52)70-42-48-31-19-8-20-32-48/h3-34,51-60H,35-42H2,1-2H3/b34-33+/t51-,52-,53-,54-,55+,56+,57-,58-,59+,60+/m1/s1. The zero-order valence-corrected chi connectivity index (χ0v) is 40.8. The van der Waals surface area contributed by atoms with Crippen molar-refractivity contribution >= 4 is 11.6 Å². The summed E-state index contributed by atoms with van der Waals surface area (Å²) in [6, 6.07) is 58.8. The Hall–Kier alpha value is -6.00. The van der Waals surface area contributed by atoms with Gasteiger partial charge < -0.3 is 47.4 Å². The highest BCUT2D eigenvalue weighted by molar-refractivity contribution is 5.99. The van der Waals surface area contributed by atoms with E-state index in [0.29, 0.717) is 0 Å². The SMILES string of the molecule is CO[C@H]1O[C@H](CC(=O)/C=C/C(=O)C[C@H]2O[C@H](OC)[C@H](OCc3ccccc3)[C@@H](OCc3ccccc3)[C@@H]2OCc2ccccc2)[C@@H](OCc2ccccc2)[C@H](OCc2ccccc2)[C@H]1OCc1ccccc1. The van der Waals surface area contributed by atoms with E-state index in [9.17, 15) is 9.59 Å². The molecule has 0 unspecified atom stereocenters. The second-order valence-corrected chi connectivity index (χ2v) is 17.8. The highest BCUT2D eigenvalue weighted by atomic mass is 16.7. The molecule has 10 atom stereocenters. The zero-order valence-electron chi connectivity index (χ0n) is 40.8.